The van der Waals surface area contributed by atoms with E-state index in [2.05, 4.69) is 78.0 Å². The van der Waals surface area contributed by atoms with Crippen LogP contribution in [0.1, 0.15) is 104 Å². The molecule has 2 saturated carbocycles. The first-order chi connectivity index (χ1) is 15.3. The van der Waals surface area contributed by atoms with Gasteiger partial charge in [0.2, 0.25) is 0 Å². The summed E-state index contributed by atoms with van der Waals surface area (Å²) in [7, 11) is 0. The highest BCUT2D eigenvalue weighted by Gasteiger charge is 2.56. The summed E-state index contributed by atoms with van der Waals surface area (Å²) in [5.74, 6) is 3.81. The van der Waals surface area contributed by atoms with Crippen molar-refractivity contribution in [3.8, 4) is 0 Å². The van der Waals surface area contributed by atoms with Crippen molar-refractivity contribution in [3.63, 3.8) is 0 Å². The second kappa shape index (κ2) is 10.3. The molecule has 6 unspecified atom stereocenters. The van der Waals surface area contributed by atoms with Crippen molar-refractivity contribution < 1.29 is 0 Å². The van der Waals surface area contributed by atoms with Crippen LogP contribution >= 0.6 is 0 Å². The maximum atomic E-state index is 2.70. The number of hydrogen-bond donors (Lipinski definition) is 0. The van der Waals surface area contributed by atoms with Crippen molar-refractivity contribution in [2.45, 2.75) is 107 Å². The predicted octanol–water partition coefficient (Wildman–Crippen LogP) is 9.86. The van der Waals surface area contributed by atoms with Crippen LogP contribution in [0, 0.1) is 48.3 Å². The van der Waals surface area contributed by atoms with E-state index >= 15 is 0 Å². The molecule has 0 spiro atoms. The Morgan fingerprint density at radius 3 is 2.12 bits per heavy atom. The molecule has 32 heavy (non-hydrogen) atoms. The molecule has 1 aromatic carbocycles. The molecule has 0 amide bonds. The van der Waals surface area contributed by atoms with E-state index in [0.29, 0.717) is 10.8 Å². The van der Waals surface area contributed by atoms with Gasteiger partial charge in [-0.15, -0.1) is 0 Å². The van der Waals surface area contributed by atoms with Gasteiger partial charge in [0.05, 0.1) is 0 Å². The van der Waals surface area contributed by atoms with Gasteiger partial charge in [-0.05, 0) is 118 Å². The highest BCUT2D eigenvalue weighted by molar-refractivity contribution is 5.29. The number of benzene rings is 1. The topological polar surface area (TPSA) is 0 Å². The first kappa shape index (κ1) is 25.3. The lowest BCUT2D eigenvalue weighted by molar-refractivity contribution is -0.0288. The van der Waals surface area contributed by atoms with Gasteiger partial charge in [-0.1, -0.05) is 82.2 Å². The fraction of sp³-hybridized carbons (Fsp3) is 0.688. The molecule has 2 fully saturated rings. The molecular weight excluding hydrogens is 384 g/mol. The van der Waals surface area contributed by atoms with Crippen molar-refractivity contribution >= 4 is 0 Å². The Balaban J connectivity index is 0.000000244. The highest BCUT2D eigenvalue weighted by atomic mass is 14.6. The number of fused-ring (bicyclic) bond motifs is 5. The Bertz CT molecular complexity index is 805. The average molecular weight is 435 g/mol. The minimum atomic E-state index is 0.547. The lowest BCUT2D eigenvalue weighted by Gasteiger charge is -2.58. The minimum absolute atomic E-state index is 0.547. The Hall–Kier alpha value is -1.30. The van der Waals surface area contributed by atoms with E-state index in [0.717, 1.165) is 23.7 Å². The molecule has 0 aliphatic heterocycles. The molecule has 0 heteroatoms. The quantitative estimate of drug-likeness (QED) is 0.386. The van der Waals surface area contributed by atoms with Crippen molar-refractivity contribution in [3.05, 3.63) is 58.7 Å². The van der Waals surface area contributed by atoms with Crippen LogP contribution in [0.3, 0.4) is 0 Å². The third-order valence-electron chi connectivity index (χ3n) is 10.1. The van der Waals surface area contributed by atoms with Gasteiger partial charge in [0.1, 0.15) is 0 Å². The van der Waals surface area contributed by atoms with Crippen LogP contribution in [0.4, 0.5) is 0 Å². The summed E-state index contributed by atoms with van der Waals surface area (Å²) in [6.45, 7) is 18.2. The number of rotatable bonds is 1. The van der Waals surface area contributed by atoms with Crippen molar-refractivity contribution in [1.82, 2.24) is 0 Å². The smallest absolute Gasteiger partial charge is 0.00593 e. The van der Waals surface area contributed by atoms with Gasteiger partial charge in [0, 0.05) is 0 Å². The lowest BCUT2D eigenvalue weighted by atomic mass is 9.46. The van der Waals surface area contributed by atoms with Crippen molar-refractivity contribution in [2.75, 3.05) is 0 Å². The van der Waals surface area contributed by atoms with Crippen LogP contribution in [0.15, 0.2) is 47.6 Å². The van der Waals surface area contributed by atoms with Gasteiger partial charge >= 0.3 is 0 Å². The molecule has 178 valence electrons. The van der Waals surface area contributed by atoms with Crippen LogP contribution < -0.4 is 0 Å². The third-order valence-corrected chi connectivity index (χ3v) is 10.1. The number of aryl methyl sites for hydroxylation is 2. The summed E-state index contributed by atoms with van der Waals surface area (Å²) >= 11 is 0. The van der Waals surface area contributed by atoms with E-state index in [4.69, 9.17) is 0 Å². The second-order valence-corrected chi connectivity index (χ2v) is 11.4. The molecule has 0 aromatic heterocycles. The van der Waals surface area contributed by atoms with Crippen molar-refractivity contribution in [2.24, 2.45) is 34.5 Å². The van der Waals surface area contributed by atoms with Gasteiger partial charge in [0.25, 0.3) is 0 Å². The zero-order valence-corrected chi connectivity index (χ0v) is 22.4. The van der Waals surface area contributed by atoms with Gasteiger partial charge in [-0.25, -0.2) is 0 Å². The zero-order chi connectivity index (χ0) is 23.5. The monoisotopic (exact) mass is 434 g/mol. The van der Waals surface area contributed by atoms with E-state index in [9.17, 15) is 0 Å². The van der Waals surface area contributed by atoms with Gasteiger partial charge in [-0.3, -0.25) is 0 Å². The average Bonchev–Trinajstić information content (AvgIpc) is 3.15. The van der Waals surface area contributed by atoms with E-state index in [1.54, 1.807) is 5.57 Å². The molecule has 0 heterocycles. The zero-order valence-electron chi connectivity index (χ0n) is 22.4. The molecular formula is C32H50. The lowest BCUT2D eigenvalue weighted by Crippen LogP contribution is -2.50. The molecule has 0 radical (unpaired) electrons. The molecule has 6 atom stereocenters. The minimum Gasteiger partial charge on any atom is -0.0847 e. The fourth-order valence-corrected chi connectivity index (χ4v) is 7.84. The van der Waals surface area contributed by atoms with Crippen LogP contribution in [0.25, 0.3) is 0 Å². The molecule has 1 aromatic rings. The highest BCUT2D eigenvalue weighted by Crippen LogP contribution is 2.66. The summed E-state index contributed by atoms with van der Waals surface area (Å²) in [5, 5.41) is 0. The number of allylic oxidation sites excluding steroid dienone is 4. The summed E-state index contributed by atoms with van der Waals surface area (Å²) in [5.41, 5.74) is 7.44. The largest absolute Gasteiger partial charge is 0.0847 e. The summed E-state index contributed by atoms with van der Waals surface area (Å²) in [6, 6.07) is 8.36. The summed E-state index contributed by atoms with van der Waals surface area (Å²) in [4.78, 5) is 0. The summed E-state index contributed by atoms with van der Waals surface area (Å²) in [6.07, 6.45) is 16.7. The van der Waals surface area contributed by atoms with Gasteiger partial charge < -0.3 is 0 Å². The Morgan fingerprint density at radius 1 is 0.875 bits per heavy atom. The fourth-order valence-electron chi connectivity index (χ4n) is 7.84. The molecule has 0 N–H and O–H groups in total. The molecule has 0 saturated heterocycles. The number of hydrogen-bond acceptors (Lipinski definition) is 0. The maximum Gasteiger partial charge on any atom is -0.00593 e. The Labute approximate surface area is 200 Å². The molecule has 4 aliphatic rings. The van der Waals surface area contributed by atoms with E-state index in [-0.39, 0.29) is 0 Å². The molecule has 0 nitrogen and oxygen atoms in total. The van der Waals surface area contributed by atoms with Crippen LogP contribution in [-0.2, 0) is 0 Å². The third kappa shape index (κ3) is 4.41. The van der Waals surface area contributed by atoms with E-state index < -0.39 is 0 Å². The van der Waals surface area contributed by atoms with E-state index in [1.807, 2.05) is 19.4 Å². The van der Waals surface area contributed by atoms with Crippen LogP contribution in [-0.4, -0.2) is 0 Å². The molecule has 0 bridgehead atoms. The Kier molecular flexibility index (Phi) is 8.16. The van der Waals surface area contributed by atoms with Gasteiger partial charge in [0.15, 0.2) is 0 Å². The predicted molar refractivity (Wildman–Crippen MR) is 142 cm³/mol. The van der Waals surface area contributed by atoms with Gasteiger partial charge in [-0.2, -0.15) is 0 Å². The first-order valence-electron chi connectivity index (χ1n) is 13.7. The molecule has 4 aliphatic carbocycles. The second-order valence-electron chi connectivity index (χ2n) is 11.4. The van der Waals surface area contributed by atoms with Crippen LogP contribution in [0.5, 0.6) is 0 Å². The van der Waals surface area contributed by atoms with Crippen molar-refractivity contribution in [1.29, 1.82) is 0 Å². The van der Waals surface area contributed by atoms with Crippen LogP contribution in [0.2, 0.25) is 0 Å². The van der Waals surface area contributed by atoms with E-state index in [1.165, 1.54) is 62.5 Å². The molecule has 5 rings (SSSR count). The standard InChI is InChI=1S/C22H34.C8H10.C2H6/c1-5-22-13-11-19-18(20(22)9-6-16(22)3)8-7-17-14-15(2)10-12-21(17,19)4;1-7-5-3-4-6-8(7)2;1-2/h6-7,15,18-20H,5,8-14H2,1-4H3;3-6H,1-2H3;1-2H3. The Morgan fingerprint density at radius 2 is 1.53 bits per heavy atom. The first-order valence-corrected chi connectivity index (χ1v) is 13.7. The maximum absolute atomic E-state index is 2.70. The summed E-state index contributed by atoms with van der Waals surface area (Å²) < 4.78 is 0. The SMILES string of the molecule is CC.CCC12CCC3C(CC=C4CC(C)CCC43C)C1CC=C2C.Cc1ccccc1C. The normalized spacial score (nSPS) is 37.2.